The second kappa shape index (κ2) is 10.3. The summed E-state index contributed by atoms with van der Waals surface area (Å²) in [6, 6.07) is 26.4. The minimum atomic E-state index is -0.948. The zero-order valence-electron chi connectivity index (χ0n) is 18.1. The number of carboxylic acids is 1. The Labute approximate surface area is 192 Å². The topological polar surface area (TPSA) is 96.4 Å². The van der Waals surface area contributed by atoms with Gasteiger partial charge in [-0.2, -0.15) is 4.98 Å². The van der Waals surface area contributed by atoms with E-state index < -0.39 is 11.9 Å². The molecule has 0 saturated heterocycles. The van der Waals surface area contributed by atoms with Crippen molar-refractivity contribution in [1.29, 1.82) is 0 Å². The molecule has 7 nitrogen and oxygen atoms in total. The summed E-state index contributed by atoms with van der Waals surface area (Å²) >= 11 is 0. The Morgan fingerprint density at radius 3 is 2.15 bits per heavy atom. The molecule has 0 radical (unpaired) electrons. The minimum absolute atomic E-state index is 0.191. The summed E-state index contributed by atoms with van der Waals surface area (Å²) in [5.74, 6) is -0.292. The number of hydrogen-bond donors (Lipinski definition) is 3. The standard InChI is InChI=1S/C26H24N4O3/c1-33-23-15-9-8-14-21(23)22(25(31)32)16-18-17-27-26(29-20-12-6-3-7-13-20)30-24(18)28-19-10-4-2-5-11-19/h2-15,17,22H,16H2,1H3,(H,31,32)(H2,27,28,29,30). The number of ether oxygens (including phenoxy) is 1. The lowest BCUT2D eigenvalue weighted by Gasteiger charge is -2.18. The number of nitrogens with one attached hydrogen (secondary N) is 2. The number of methoxy groups -OCH3 is 1. The van der Waals surface area contributed by atoms with Gasteiger partial charge in [0.25, 0.3) is 0 Å². The maximum absolute atomic E-state index is 12.2. The van der Waals surface area contributed by atoms with Crippen molar-refractivity contribution >= 4 is 29.1 Å². The third-order valence-electron chi connectivity index (χ3n) is 5.17. The van der Waals surface area contributed by atoms with Crippen molar-refractivity contribution in [2.24, 2.45) is 0 Å². The summed E-state index contributed by atoms with van der Waals surface area (Å²) in [5, 5.41) is 16.5. The summed E-state index contributed by atoms with van der Waals surface area (Å²) in [7, 11) is 1.54. The van der Waals surface area contributed by atoms with E-state index in [1.807, 2.05) is 66.7 Å². The lowest BCUT2D eigenvalue weighted by Crippen LogP contribution is -2.17. The molecule has 4 aromatic rings. The quantitative estimate of drug-likeness (QED) is 0.321. The first-order chi connectivity index (χ1) is 16.1. The molecule has 3 aromatic carbocycles. The van der Waals surface area contributed by atoms with Crippen LogP contribution in [0.15, 0.2) is 91.1 Å². The Morgan fingerprint density at radius 1 is 0.909 bits per heavy atom. The van der Waals surface area contributed by atoms with Crippen LogP contribution in [0.2, 0.25) is 0 Å². The van der Waals surface area contributed by atoms with E-state index in [1.54, 1.807) is 24.4 Å². The van der Waals surface area contributed by atoms with Crippen LogP contribution in [0.5, 0.6) is 5.75 Å². The van der Waals surface area contributed by atoms with Crippen LogP contribution in [0.1, 0.15) is 17.0 Å². The Kier molecular flexibility index (Phi) is 6.80. The number of hydrogen-bond acceptors (Lipinski definition) is 6. The van der Waals surface area contributed by atoms with Crippen molar-refractivity contribution in [3.63, 3.8) is 0 Å². The van der Waals surface area contributed by atoms with Gasteiger partial charge in [-0.1, -0.05) is 54.6 Å². The number of nitrogens with zero attached hydrogens (tertiary/aromatic N) is 2. The normalized spacial score (nSPS) is 11.4. The van der Waals surface area contributed by atoms with E-state index in [-0.39, 0.29) is 6.42 Å². The second-order valence-corrected chi connectivity index (χ2v) is 7.39. The minimum Gasteiger partial charge on any atom is -0.496 e. The van der Waals surface area contributed by atoms with Gasteiger partial charge in [0.05, 0.1) is 13.0 Å². The highest BCUT2D eigenvalue weighted by molar-refractivity contribution is 5.78. The molecule has 0 bridgehead atoms. The molecule has 1 aromatic heterocycles. The highest BCUT2D eigenvalue weighted by Gasteiger charge is 2.25. The molecule has 1 heterocycles. The molecule has 166 valence electrons. The van der Waals surface area contributed by atoms with Crippen molar-refractivity contribution in [1.82, 2.24) is 9.97 Å². The first-order valence-electron chi connectivity index (χ1n) is 10.5. The van der Waals surface area contributed by atoms with Gasteiger partial charge in [-0.05, 0) is 36.8 Å². The van der Waals surface area contributed by atoms with Crippen molar-refractivity contribution in [3.8, 4) is 5.75 Å². The number of benzene rings is 3. The molecule has 0 aliphatic heterocycles. The number of carboxylic acid groups (broad SMARTS) is 1. The largest absolute Gasteiger partial charge is 0.496 e. The van der Waals surface area contributed by atoms with Crippen LogP contribution in [-0.2, 0) is 11.2 Å². The zero-order valence-corrected chi connectivity index (χ0v) is 18.1. The zero-order chi connectivity index (χ0) is 23.0. The van der Waals surface area contributed by atoms with E-state index >= 15 is 0 Å². The third-order valence-corrected chi connectivity index (χ3v) is 5.17. The SMILES string of the molecule is COc1ccccc1C(Cc1cnc(Nc2ccccc2)nc1Nc1ccccc1)C(=O)O. The fourth-order valence-corrected chi connectivity index (χ4v) is 3.54. The fraction of sp³-hybridized carbons (Fsp3) is 0.115. The third kappa shape index (κ3) is 5.46. The van der Waals surface area contributed by atoms with Crippen molar-refractivity contribution in [3.05, 3.63) is 102 Å². The Bertz CT molecular complexity index is 1220. The number of para-hydroxylation sites is 3. The molecule has 0 aliphatic rings. The van der Waals surface area contributed by atoms with Gasteiger partial charge in [0, 0.05) is 28.7 Å². The van der Waals surface area contributed by atoms with Gasteiger partial charge in [-0.25, -0.2) is 4.98 Å². The van der Waals surface area contributed by atoms with Gasteiger partial charge in [0.1, 0.15) is 11.6 Å². The van der Waals surface area contributed by atoms with Crippen LogP contribution < -0.4 is 15.4 Å². The average molecular weight is 441 g/mol. The van der Waals surface area contributed by atoms with Gasteiger partial charge >= 0.3 is 5.97 Å². The molecule has 0 aliphatic carbocycles. The molecule has 33 heavy (non-hydrogen) atoms. The highest BCUT2D eigenvalue weighted by Crippen LogP contribution is 2.32. The van der Waals surface area contributed by atoms with Crippen LogP contribution in [-0.4, -0.2) is 28.2 Å². The van der Waals surface area contributed by atoms with Gasteiger partial charge in [0.15, 0.2) is 0 Å². The summed E-state index contributed by atoms with van der Waals surface area (Å²) in [4.78, 5) is 21.3. The molecule has 0 fully saturated rings. The average Bonchev–Trinajstić information content (AvgIpc) is 2.85. The van der Waals surface area contributed by atoms with E-state index in [0.717, 1.165) is 11.4 Å². The van der Waals surface area contributed by atoms with Gasteiger partial charge < -0.3 is 20.5 Å². The number of aromatic nitrogens is 2. The molecule has 0 spiro atoms. The van der Waals surface area contributed by atoms with Crippen molar-refractivity contribution in [2.75, 3.05) is 17.7 Å². The summed E-state index contributed by atoms with van der Waals surface area (Å²) < 4.78 is 5.41. The Balaban J connectivity index is 1.70. The Hall–Kier alpha value is -4.39. The maximum Gasteiger partial charge on any atom is 0.311 e. The van der Waals surface area contributed by atoms with Gasteiger partial charge in [-0.15, -0.1) is 0 Å². The Morgan fingerprint density at radius 2 is 1.52 bits per heavy atom. The van der Waals surface area contributed by atoms with E-state index in [9.17, 15) is 9.90 Å². The van der Waals surface area contributed by atoms with Crippen LogP contribution in [0.4, 0.5) is 23.1 Å². The lowest BCUT2D eigenvalue weighted by atomic mass is 9.92. The molecule has 3 N–H and O–H groups in total. The van der Waals surface area contributed by atoms with Crippen molar-refractivity contribution < 1.29 is 14.6 Å². The van der Waals surface area contributed by atoms with E-state index in [4.69, 9.17) is 4.74 Å². The first kappa shape index (κ1) is 21.8. The molecule has 1 atom stereocenters. The molecule has 4 rings (SSSR count). The summed E-state index contributed by atoms with van der Waals surface area (Å²) in [6.45, 7) is 0. The highest BCUT2D eigenvalue weighted by atomic mass is 16.5. The molecular weight excluding hydrogens is 416 g/mol. The summed E-state index contributed by atoms with van der Waals surface area (Å²) in [5.41, 5.74) is 2.97. The van der Waals surface area contributed by atoms with Gasteiger partial charge in [-0.3, -0.25) is 4.79 Å². The van der Waals surface area contributed by atoms with Crippen LogP contribution in [0.25, 0.3) is 0 Å². The number of rotatable bonds is 9. The molecule has 7 heteroatoms. The van der Waals surface area contributed by atoms with Crippen LogP contribution in [0, 0.1) is 0 Å². The van der Waals surface area contributed by atoms with E-state index in [2.05, 4.69) is 20.6 Å². The molecule has 0 amide bonds. The number of aliphatic carboxylic acids is 1. The van der Waals surface area contributed by atoms with Crippen LogP contribution >= 0.6 is 0 Å². The summed E-state index contributed by atoms with van der Waals surface area (Å²) in [6.07, 6.45) is 1.85. The number of anilines is 4. The predicted molar refractivity (Wildman–Crippen MR) is 129 cm³/mol. The van der Waals surface area contributed by atoms with E-state index in [0.29, 0.717) is 28.6 Å². The van der Waals surface area contributed by atoms with Crippen molar-refractivity contribution in [2.45, 2.75) is 12.3 Å². The first-order valence-corrected chi connectivity index (χ1v) is 10.5. The monoisotopic (exact) mass is 440 g/mol. The molecular formula is C26H24N4O3. The fourth-order valence-electron chi connectivity index (χ4n) is 3.54. The maximum atomic E-state index is 12.2. The molecule has 0 saturated carbocycles. The van der Waals surface area contributed by atoms with Gasteiger partial charge in [0.2, 0.25) is 5.95 Å². The lowest BCUT2D eigenvalue weighted by molar-refractivity contribution is -0.138. The number of carbonyl (C=O) groups is 1. The predicted octanol–water partition coefficient (Wildman–Crippen LogP) is 5.38. The smallest absolute Gasteiger partial charge is 0.311 e. The second-order valence-electron chi connectivity index (χ2n) is 7.39. The molecule has 1 unspecified atom stereocenters. The van der Waals surface area contributed by atoms with E-state index in [1.165, 1.54) is 7.11 Å². The van der Waals surface area contributed by atoms with Crippen LogP contribution in [0.3, 0.4) is 0 Å².